The van der Waals surface area contributed by atoms with Crippen LogP contribution in [0.25, 0.3) is 0 Å². The van der Waals surface area contributed by atoms with Crippen molar-refractivity contribution < 1.29 is 4.92 Å². The van der Waals surface area contributed by atoms with Gasteiger partial charge < -0.3 is 10.7 Å². The minimum atomic E-state index is -0.421. The van der Waals surface area contributed by atoms with Gasteiger partial charge in [0, 0.05) is 30.4 Å². The maximum absolute atomic E-state index is 10.9. The number of nitrogen functional groups attached to an aromatic ring is 1. The molecule has 1 aromatic rings. The number of nitro groups is 1. The van der Waals surface area contributed by atoms with E-state index in [1.54, 1.807) is 6.07 Å². The van der Waals surface area contributed by atoms with Crippen molar-refractivity contribution in [3.63, 3.8) is 0 Å². The molecule has 1 aromatic carbocycles. The molecule has 0 aliphatic carbocycles. The van der Waals surface area contributed by atoms with E-state index in [9.17, 15) is 10.1 Å². The number of hydrazine groups is 1. The van der Waals surface area contributed by atoms with Crippen LogP contribution >= 0.6 is 0 Å². The Morgan fingerprint density at radius 3 is 2.60 bits per heavy atom. The average Bonchev–Trinajstić information content (AvgIpc) is 2.98. The average molecular weight is 279 g/mol. The van der Waals surface area contributed by atoms with E-state index >= 15 is 0 Å². The standard InChI is InChI=1S/C13H21N5O2/c1-10(17-4-2-3-5-17)9-15-11-6-12(16-14)8-13(7-11)18(19)20/h6-8,10,15-16H,2-5,9,14H2,1H3. The number of rotatable bonds is 6. The maximum atomic E-state index is 10.9. The number of benzene rings is 1. The zero-order valence-electron chi connectivity index (χ0n) is 11.6. The third kappa shape index (κ3) is 3.58. The third-order valence-corrected chi connectivity index (χ3v) is 3.66. The third-order valence-electron chi connectivity index (χ3n) is 3.66. The second-order valence-corrected chi connectivity index (χ2v) is 5.14. The Kier molecular flexibility index (Phi) is 4.75. The molecule has 7 nitrogen and oxygen atoms in total. The van der Waals surface area contributed by atoms with E-state index < -0.39 is 4.92 Å². The van der Waals surface area contributed by atoms with Crippen molar-refractivity contribution in [1.29, 1.82) is 0 Å². The van der Waals surface area contributed by atoms with E-state index in [0.29, 0.717) is 17.4 Å². The van der Waals surface area contributed by atoms with Gasteiger partial charge in [-0.2, -0.15) is 0 Å². The summed E-state index contributed by atoms with van der Waals surface area (Å²) in [6, 6.07) is 5.11. The second kappa shape index (κ2) is 6.53. The predicted molar refractivity (Wildman–Crippen MR) is 79.7 cm³/mol. The quantitative estimate of drug-likeness (QED) is 0.417. The largest absolute Gasteiger partial charge is 0.383 e. The molecular weight excluding hydrogens is 258 g/mol. The normalized spacial score (nSPS) is 16.9. The molecule has 1 heterocycles. The van der Waals surface area contributed by atoms with Crippen molar-refractivity contribution in [2.24, 2.45) is 5.84 Å². The predicted octanol–water partition coefficient (Wildman–Crippen LogP) is 1.78. The fraction of sp³-hybridized carbons (Fsp3) is 0.538. The van der Waals surface area contributed by atoms with E-state index in [0.717, 1.165) is 19.6 Å². The molecule has 1 aliphatic heterocycles. The summed E-state index contributed by atoms with van der Waals surface area (Å²) in [5.41, 5.74) is 3.71. The lowest BCUT2D eigenvalue weighted by molar-refractivity contribution is -0.384. The van der Waals surface area contributed by atoms with Crippen molar-refractivity contribution >= 4 is 17.1 Å². The molecule has 0 bridgehead atoms. The zero-order chi connectivity index (χ0) is 14.5. The lowest BCUT2D eigenvalue weighted by Gasteiger charge is -2.24. The first-order valence-corrected chi connectivity index (χ1v) is 6.84. The van der Waals surface area contributed by atoms with Gasteiger partial charge in [-0.3, -0.25) is 20.9 Å². The summed E-state index contributed by atoms with van der Waals surface area (Å²) >= 11 is 0. The van der Waals surface area contributed by atoms with Gasteiger partial charge in [-0.25, -0.2) is 0 Å². The van der Waals surface area contributed by atoms with Crippen LogP contribution < -0.4 is 16.6 Å². The molecule has 1 saturated heterocycles. The highest BCUT2D eigenvalue weighted by atomic mass is 16.6. The zero-order valence-corrected chi connectivity index (χ0v) is 11.6. The number of hydrogen-bond acceptors (Lipinski definition) is 6. The van der Waals surface area contributed by atoms with Gasteiger partial charge >= 0.3 is 0 Å². The topological polar surface area (TPSA) is 96.5 Å². The Labute approximate surface area is 118 Å². The number of nitrogens with two attached hydrogens (primary N) is 1. The van der Waals surface area contributed by atoms with Crippen LogP contribution in [0.1, 0.15) is 19.8 Å². The molecule has 4 N–H and O–H groups in total. The van der Waals surface area contributed by atoms with Gasteiger partial charge in [0.1, 0.15) is 0 Å². The van der Waals surface area contributed by atoms with Crippen LogP contribution in [0.4, 0.5) is 17.1 Å². The van der Waals surface area contributed by atoms with Gasteiger partial charge in [-0.05, 0) is 38.9 Å². The first kappa shape index (κ1) is 14.5. The van der Waals surface area contributed by atoms with Crippen LogP contribution in [0, 0.1) is 10.1 Å². The van der Waals surface area contributed by atoms with Crippen LogP contribution in [0.15, 0.2) is 18.2 Å². The molecule has 0 radical (unpaired) electrons. The molecule has 20 heavy (non-hydrogen) atoms. The number of nitrogens with one attached hydrogen (secondary N) is 2. The Bertz CT molecular complexity index is 474. The van der Waals surface area contributed by atoms with Crippen LogP contribution in [-0.4, -0.2) is 35.5 Å². The summed E-state index contributed by atoms with van der Waals surface area (Å²) in [4.78, 5) is 12.9. The molecule has 1 fully saturated rings. The number of anilines is 2. The second-order valence-electron chi connectivity index (χ2n) is 5.14. The first-order chi connectivity index (χ1) is 9.60. The van der Waals surface area contributed by atoms with Crippen molar-refractivity contribution in [1.82, 2.24) is 4.90 Å². The molecule has 1 aliphatic rings. The summed E-state index contributed by atoms with van der Waals surface area (Å²) in [6.45, 7) is 5.18. The minimum Gasteiger partial charge on any atom is -0.383 e. The Balaban J connectivity index is 2.00. The Morgan fingerprint density at radius 2 is 2.00 bits per heavy atom. The lowest BCUT2D eigenvalue weighted by Crippen LogP contribution is -2.35. The molecule has 110 valence electrons. The summed E-state index contributed by atoms with van der Waals surface area (Å²) in [6.07, 6.45) is 2.50. The van der Waals surface area contributed by atoms with Crippen LogP contribution in [-0.2, 0) is 0 Å². The number of nitro benzene ring substituents is 1. The highest BCUT2D eigenvalue weighted by Gasteiger charge is 2.18. The van der Waals surface area contributed by atoms with Crippen molar-refractivity contribution in [3.8, 4) is 0 Å². The molecule has 0 amide bonds. The number of likely N-dealkylation sites (tertiary alicyclic amines) is 1. The van der Waals surface area contributed by atoms with Gasteiger partial charge in [0.2, 0.25) is 0 Å². The number of hydrogen-bond donors (Lipinski definition) is 3. The minimum absolute atomic E-state index is 0.0248. The highest BCUT2D eigenvalue weighted by Crippen LogP contribution is 2.24. The molecule has 0 aromatic heterocycles. The summed E-state index contributed by atoms with van der Waals surface area (Å²) < 4.78 is 0. The molecule has 1 atom stereocenters. The lowest BCUT2D eigenvalue weighted by atomic mass is 10.2. The van der Waals surface area contributed by atoms with E-state index in [-0.39, 0.29) is 5.69 Å². The SMILES string of the molecule is CC(CNc1cc(NN)cc([N+](=O)[O-])c1)N1CCCC1. The summed E-state index contributed by atoms with van der Waals surface area (Å²) in [7, 11) is 0. The van der Waals surface area contributed by atoms with E-state index in [1.165, 1.54) is 25.0 Å². The van der Waals surface area contributed by atoms with Gasteiger partial charge in [-0.1, -0.05) is 0 Å². The van der Waals surface area contributed by atoms with Gasteiger partial charge in [0.25, 0.3) is 5.69 Å². The van der Waals surface area contributed by atoms with E-state index in [1.807, 2.05) is 0 Å². The van der Waals surface area contributed by atoms with Gasteiger partial charge in [0.05, 0.1) is 10.6 Å². The summed E-state index contributed by atoms with van der Waals surface area (Å²) in [5.74, 6) is 5.33. The van der Waals surface area contributed by atoms with Crippen molar-refractivity contribution in [2.75, 3.05) is 30.4 Å². The maximum Gasteiger partial charge on any atom is 0.273 e. The highest BCUT2D eigenvalue weighted by molar-refractivity contribution is 5.63. The molecular formula is C13H21N5O2. The van der Waals surface area contributed by atoms with Gasteiger partial charge in [0.15, 0.2) is 0 Å². The summed E-state index contributed by atoms with van der Waals surface area (Å²) in [5, 5.41) is 14.1. The molecule has 0 saturated carbocycles. The number of nitrogens with zero attached hydrogens (tertiary/aromatic N) is 2. The first-order valence-electron chi connectivity index (χ1n) is 6.84. The van der Waals surface area contributed by atoms with Crippen molar-refractivity contribution in [3.05, 3.63) is 28.3 Å². The van der Waals surface area contributed by atoms with Crippen LogP contribution in [0.5, 0.6) is 0 Å². The van der Waals surface area contributed by atoms with Crippen molar-refractivity contribution in [2.45, 2.75) is 25.8 Å². The fourth-order valence-corrected chi connectivity index (χ4v) is 2.48. The number of non-ortho nitro benzene ring substituents is 1. The van der Waals surface area contributed by atoms with E-state index in [2.05, 4.69) is 22.6 Å². The Hall–Kier alpha value is -1.86. The van der Waals surface area contributed by atoms with Crippen LogP contribution in [0.2, 0.25) is 0 Å². The van der Waals surface area contributed by atoms with E-state index in [4.69, 9.17) is 5.84 Å². The molecule has 0 spiro atoms. The van der Waals surface area contributed by atoms with Gasteiger partial charge in [-0.15, -0.1) is 0 Å². The molecule has 7 heteroatoms. The smallest absolute Gasteiger partial charge is 0.273 e. The fourth-order valence-electron chi connectivity index (χ4n) is 2.48. The van der Waals surface area contributed by atoms with Crippen LogP contribution in [0.3, 0.4) is 0 Å². The molecule has 2 rings (SSSR count). The monoisotopic (exact) mass is 279 g/mol. The Morgan fingerprint density at radius 1 is 1.35 bits per heavy atom. The molecule has 1 unspecified atom stereocenters.